The predicted octanol–water partition coefficient (Wildman–Crippen LogP) is 4.95. The Labute approximate surface area is 192 Å². The summed E-state index contributed by atoms with van der Waals surface area (Å²) in [7, 11) is 4.03. The molecule has 0 saturated carbocycles. The van der Waals surface area contributed by atoms with Gasteiger partial charge in [-0.15, -0.1) is 0 Å². The quantitative estimate of drug-likeness (QED) is 0.390. The summed E-state index contributed by atoms with van der Waals surface area (Å²) in [6, 6.07) is 24.0. The predicted molar refractivity (Wildman–Crippen MR) is 129 cm³/mol. The van der Waals surface area contributed by atoms with Gasteiger partial charge in [0.25, 0.3) is 6.01 Å². The number of aromatic nitrogens is 1. The number of hydrogen-bond donors (Lipinski definition) is 1. The first-order chi connectivity index (χ1) is 15.9. The number of carboxylic acids is 1. The van der Waals surface area contributed by atoms with Crippen molar-refractivity contribution in [3.63, 3.8) is 0 Å². The molecule has 0 radical (unpaired) electrons. The van der Waals surface area contributed by atoms with Gasteiger partial charge in [-0.25, -0.2) is 4.79 Å². The zero-order valence-corrected chi connectivity index (χ0v) is 18.9. The average molecular weight is 446 g/mol. The number of rotatable bonds is 9. The molecule has 1 heterocycles. The van der Waals surface area contributed by atoms with Gasteiger partial charge in [-0.3, -0.25) is 0 Å². The molecule has 33 heavy (non-hydrogen) atoms. The summed E-state index contributed by atoms with van der Waals surface area (Å²) in [6.07, 6.45) is -0.927. The Morgan fingerprint density at radius 1 is 1.00 bits per heavy atom. The van der Waals surface area contributed by atoms with Crippen molar-refractivity contribution in [1.82, 2.24) is 4.98 Å². The van der Waals surface area contributed by atoms with Gasteiger partial charge in [-0.2, -0.15) is 4.98 Å². The first kappa shape index (κ1) is 22.2. The van der Waals surface area contributed by atoms with Crippen molar-refractivity contribution in [3.05, 3.63) is 83.9 Å². The van der Waals surface area contributed by atoms with Gasteiger partial charge in [0.2, 0.25) is 0 Å². The molecule has 0 saturated heterocycles. The van der Waals surface area contributed by atoms with Crippen molar-refractivity contribution >= 4 is 28.8 Å². The summed E-state index contributed by atoms with van der Waals surface area (Å²) in [5.74, 6) is -0.495. The fourth-order valence-electron chi connectivity index (χ4n) is 3.50. The van der Waals surface area contributed by atoms with Gasteiger partial charge in [-0.05, 0) is 54.4 Å². The lowest BCUT2D eigenvalue weighted by atomic mass is 10.1. The van der Waals surface area contributed by atoms with Gasteiger partial charge in [0, 0.05) is 32.9 Å². The van der Waals surface area contributed by atoms with Crippen molar-refractivity contribution < 1.29 is 19.1 Å². The highest BCUT2D eigenvalue weighted by Crippen LogP contribution is 2.26. The van der Waals surface area contributed by atoms with Gasteiger partial charge < -0.3 is 24.1 Å². The van der Waals surface area contributed by atoms with E-state index in [4.69, 9.17) is 14.3 Å². The van der Waals surface area contributed by atoms with Crippen molar-refractivity contribution in [2.45, 2.75) is 26.1 Å². The summed E-state index contributed by atoms with van der Waals surface area (Å²) >= 11 is 0. The highest BCUT2D eigenvalue weighted by molar-refractivity contribution is 5.74. The fraction of sp³-hybridized carbons (Fsp3) is 0.231. The van der Waals surface area contributed by atoms with E-state index in [-0.39, 0.29) is 0 Å². The Morgan fingerprint density at radius 3 is 2.42 bits per heavy atom. The SMILES string of the molecule is CC(Oc1cccc(CN(Cc2ccc(N(C)C)cc2)c2nc3ccccc3o2)c1)C(=O)O. The van der Waals surface area contributed by atoms with Gasteiger partial charge in [0.1, 0.15) is 11.3 Å². The molecule has 4 aromatic rings. The summed E-state index contributed by atoms with van der Waals surface area (Å²) in [5.41, 5.74) is 4.73. The Hall–Kier alpha value is -4.00. The number of oxazole rings is 1. The van der Waals surface area contributed by atoms with Crippen LogP contribution >= 0.6 is 0 Å². The highest BCUT2D eigenvalue weighted by Gasteiger charge is 2.17. The number of nitrogens with zero attached hydrogens (tertiary/aromatic N) is 3. The fourth-order valence-corrected chi connectivity index (χ4v) is 3.50. The minimum atomic E-state index is -1.00. The number of anilines is 2. The van der Waals surface area contributed by atoms with Crippen LogP contribution in [0.25, 0.3) is 11.1 Å². The number of fused-ring (bicyclic) bond motifs is 1. The molecule has 7 heteroatoms. The van der Waals surface area contributed by atoms with Crippen LogP contribution in [0, 0.1) is 0 Å². The van der Waals surface area contributed by atoms with Gasteiger partial charge in [0.15, 0.2) is 11.7 Å². The molecular weight excluding hydrogens is 418 g/mol. The van der Waals surface area contributed by atoms with E-state index in [0.717, 1.165) is 27.9 Å². The molecule has 3 aromatic carbocycles. The van der Waals surface area contributed by atoms with E-state index in [1.807, 2.05) is 56.6 Å². The molecule has 7 nitrogen and oxygen atoms in total. The zero-order valence-electron chi connectivity index (χ0n) is 18.9. The summed E-state index contributed by atoms with van der Waals surface area (Å²) in [4.78, 5) is 20.0. The van der Waals surface area contributed by atoms with Crippen molar-refractivity contribution in [1.29, 1.82) is 0 Å². The van der Waals surface area contributed by atoms with Crippen LogP contribution in [0.15, 0.2) is 77.2 Å². The van der Waals surface area contributed by atoms with Crippen molar-refractivity contribution in [2.24, 2.45) is 0 Å². The second kappa shape index (κ2) is 9.65. The van der Waals surface area contributed by atoms with E-state index >= 15 is 0 Å². The molecule has 4 rings (SSSR count). The van der Waals surface area contributed by atoms with E-state index in [9.17, 15) is 4.79 Å². The number of hydrogen-bond acceptors (Lipinski definition) is 6. The summed E-state index contributed by atoms with van der Waals surface area (Å²) in [6.45, 7) is 2.62. The molecule has 0 spiro atoms. The summed E-state index contributed by atoms with van der Waals surface area (Å²) < 4.78 is 11.6. The Bertz CT molecular complexity index is 1200. The Kier molecular flexibility index (Phi) is 6.49. The largest absolute Gasteiger partial charge is 0.479 e. The lowest BCUT2D eigenvalue weighted by Crippen LogP contribution is -2.24. The lowest BCUT2D eigenvalue weighted by molar-refractivity contribution is -0.144. The highest BCUT2D eigenvalue weighted by atomic mass is 16.5. The number of aliphatic carboxylic acids is 1. The molecule has 170 valence electrons. The maximum atomic E-state index is 11.1. The van der Waals surface area contributed by atoms with Gasteiger partial charge in [0.05, 0.1) is 0 Å². The average Bonchev–Trinajstić information content (AvgIpc) is 3.23. The monoisotopic (exact) mass is 445 g/mol. The number of carbonyl (C=O) groups is 1. The van der Waals surface area contributed by atoms with E-state index in [0.29, 0.717) is 24.9 Å². The lowest BCUT2D eigenvalue weighted by Gasteiger charge is -2.22. The molecule has 0 aliphatic carbocycles. The summed E-state index contributed by atoms with van der Waals surface area (Å²) in [5, 5.41) is 9.14. The minimum Gasteiger partial charge on any atom is -0.479 e. The van der Waals surface area contributed by atoms with Crippen molar-refractivity contribution in [3.8, 4) is 5.75 Å². The standard InChI is InChI=1S/C26H27N3O4/c1-18(25(30)31)32-22-8-6-7-20(15-22)17-29(16-19-11-13-21(14-12-19)28(2)3)26-27-23-9-4-5-10-24(23)33-26/h4-15,18H,16-17H2,1-3H3,(H,30,31). The molecule has 0 aliphatic heterocycles. The third-order valence-electron chi connectivity index (χ3n) is 5.31. The molecule has 1 atom stereocenters. The first-order valence-electron chi connectivity index (χ1n) is 10.7. The smallest absolute Gasteiger partial charge is 0.344 e. The molecular formula is C26H27N3O4. The molecule has 0 bridgehead atoms. The first-order valence-corrected chi connectivity index (χ1v) is 10.7. The molecule has 1 aromatic heterocycles. The van der Waals surface area contributed by atoms with Gasteiger partial charge >= 0.3 is 5.97 Å². The maximum absolute atomic E-state index is 11.1. The number of benzene rings is 3. The van der Waals surface area contributed by atoms with Crippen molar-refractivity contribution in [2.75, 3.05) is 23.9 Å². The Morgan fingerprint density at radius 2 is 1.73 bits per heavy atom. The van der Waals surface area contributed by atoms with E-state index in [1.54, 1.807) is 6.07 Å². The van der Waals surface area contributed by atoms with E-state index in [1.165, 1.54) is 6.92 Å². The maximum Gasteiger partial charge on any atom is 0.344 e. The number of carboxylic acid groups (broad SMARTS) is 1. The van der Waals surface area contributed by atoms with Crippen LogP contribution < -0.4 is 14.5 Å². The van der Waals surface area contributed by atoms with Gasteiger partial charge in [-0.1, -0.05) is 36.4 Å². The van der Waals surface area contributed by atoms with E-state index in [2.05, 4.69) is 39.0 Å². The molecule has 0 amide bonds. The van der Waals surface area contributed by atoms with Crippen LogP contribution in [0.5, 0.6) is 5.75 Å². The number of ether oxygens (including phenoxy) is 1. The third-order valence-corrected chi connectivity index (χ3v) is 5.31. The third kappa shape index (κ3) is 5.44. The molecule has 1 N–H and O–H groups in total. The van der Waals surface area contributed by atoms with E-state index < -0.39 is 12.1 Å². The number of para-hydroxylation sites is 2. The van der Waals surface area contributed by atoms with Crippen LogP contribution in [-0.4, -0.2) is 36.3 Å². The van der Waals surface area contributed by atoms with Crippen LogP contribution in [0.1, 0.15) is 18.1 Å². The van der Waals surface area contributed by atoms with Crippen LogP contribution in [0.2, 0.25) is 0 Å². The molecule has 1 unspecified atom stereocenters. The van der Waals surface area contributed by atoms with Crippen LogP contribution in [-0.2, 0) is 17.9 Å². The van der Waals surface area contributed by atoms with Crippen LogP contribution in [0.4, 0.5) is 11.7 Å². The minimum absolute atomic E-state index is 0.509. The Balaban J connectivity index is 1.62. The van der Waals surface area contributed by atoms with Crippen LogP contribution in [0.3, 0.4) is 0 Å². The second-order valence-electron chi connectivity index (χ2n) is 8.13. The zero-order chi connectivity index (χ0) is 23.4. The molecule has 0 fully saturated rings. The molecule has 0 aliphatic rings. The normalized spacial score (nSPS) is 11.8. The topological polar surface area (TPSA) is 79.0 Å². The second-order valence-corrected chi connectivity index (χ2v) is 8.13.